The molecule has 0 bridgehead atoms. The summed E-state index contributed by atoms with van der Waals surface area (Å²) in [6, 6.07) is 0. The van der Waals surface area contributed by atoms with Gasteiger partial charge < -0.3 is 5.11 Å². The van der Waals surface area contributed by atoms with E-state index >= 15 is 0 Å². The fourth-order valence-corrected chi connectivity index (χ4v) is 3.75. The van der Waals surface area contributed by atoms with Gasteiger partial charge in [-0.1, -0.05) is 32.4 Å². The number of aliphatic hydroxyl groups is 1. The van der Waals surface area contributed by atoms with E-state index in [1.54, 1.807) is 0 Å². The summed E-state index contributed by atoms with van der Waals surface area (Å²) in [5, 5.41) is 10.9. The molecule has 0 aliphatic heterocycles. The molecule has 0 aromatic carbocycles. The number of fused-ring (bicyclic) bond motifs is 1. The van der Waals surface area contributed by atoms with Gasteiger partial charge in [0.1, 0.15) is 0 Å². The van der Waals surface area contributed by atoms with Crippen LogP contribution < -0.4 is 0 Å². The molecule has 0 aromatic rings. The molecule has 16 heavy (non-hydrogen) atoms. The van der Waals surface area contributed by atoms with Crippen LogP contribution in [0.2, 0.25) is 0 Å². The van der Waals surface area contributed by atoms with Gasteiger partial charge in [0, 0.05) is 5.92 Å². The Balaban J connectivity index is 2.32. The first-order valence-corrected chi connectivity index (χ1v) is 6.85. The van der Waals surface area contributed by atoms with Gasteiger partial charge in [-0.15, -0.1) is 0 Å². The van der Waals surface area contributed by atoms with E-state index in [-0.39, 0.29) is 0 Å². The molecule has 1 N–H and O–H groups in total. The van der Waals surface area contributed by atoms with Crippen LogP contribution in [0.3, 0.4) is 0 Å². The molecule has 0 saturated heterocycles. The molecule has 1 nitrogen and oxygen atoms in total. The van der Waals surface area contributed by atoms with Crippen LogP contribution in [-0.2, 0) is 0 Å². The van der Waals surface area contributed by atoms with Gasteiger partial charge in [0.25, 0.3) is 0 Å². The largest absolute Gasteiger partial charge is 0.389 e. The Labute approximate surface area is 99.9 Å². The van der Waals surface area contributed by atoms with Gasteiger partial charge in [-0.05, 0) is 50.4 Å². The topological polar surface area (TPSA) is 20.2 Å². The van der Waals surface area contributed by atoms with E-state index in [0.29, 0.717) is 17.8 Å². The van der Waals surface area contributed by atoms with Crippen molar-refractivity contribution in [2.75, 3.05) is 0 Å². The number of hydrogen-bond donors (Lipinski definition) is 1. The number of allylic oxidation sites excluding steroid dienone is 1. The summed E-state index contributed by atoms with van der Waals surface area (Å²) in [6.07, 6.45) is 7.08. The average molecular weight is 222 g/mol. The monoisotopic (exact) mass is 222 g/mol. The molecule has 0 spiro atoms. The first kappa shape index (κ1) is 12.2. The molecular weight excluding hydrogens is 196 g/mol. The molecule has 2 rings (SSSR count). The summed E-state index contributed by atoms with van der Waals surface area (Å²) in [7, 11) is 0. The molecular formula is C15H26O. The van der Waals surface area contributed by atoms with E-state index in [1.807, 2.05) is 0 Å². The maximum atomic E-state index is 10.9. The molecule has 1 heteroatoms. The van der Waals surface area contributed by atoms with Crippen molar-refractivity contribution >= 4 is 0 Å². The predicted molar refractivity (Wildman–Crippen MR) is 68.2 cm³/mol. The zero-order valence-corrected chi connectivity index (χ0v) is 11.2. The fraction of sp³-hybridized carbons (Fsp3) is 0.867. The minimum Gasteiger partial charge on any atom is -0.389 e. The molecule has 2 aliphatic rings. The summed E-state index contributed by atoms with van der Waals surface area (Å²) in [5.41, 5.74) is 1.04. The summed E-state index contributed by atoms with van der Waals surface area (Å²) in [4.78, 5) is 0. The van der Waals surface area contributed by atoms with E-state index < -0.39 is 5.60 Å². The first-order chi connectivity index (χ1) is 7.45. The van der Waals surface area contributed by atoms with Gasteiger partial charge in [-0.25, -0.2) is 0 Å². The Kier molecular flexibility index (Phi) is 3.18. The van der Waals surface area contributed by atoms with Gasteiger partial charge in [0.05, 0.1) is 5.60 Å². The van der Waals surface area contributed by atoms with Crippen molar-refractivity contribution in [3.05, 3.63) is 11.6 Å². The summed E-state index contributed by atoms with van der Waals surface area (Å²) < 4.78 is 0. The Hall–Kier alpha value is -0.300. The van der Waals surface area contributed by atoms with Crippen molar-refractivity contribution in [2.24, 2.45) is 23.7 Å². The lowest BCUT2D eigenvalue weighted by molar-refractivity contribution is -0.107. The van der Waals surface area contributed by atoms with Gasteiger partial charge in [-0.3, -0.25) is 0 Å². The highest BCUT2D eigenvalue weighted by atomic mass is 16.3. The smallest absolute Gasteiger partial charge is 0.0735 e. The maximum absolute atomic E-state index is 10.9. The van der Waals surface area contributed by atoms with E-state index in [0.717, 1.165) is 12.3 Å². The van der Waals surface area contributed by atoms with Crippen LogP contribution in [0, 0.1) is 23.7 Å². The normalized spacial score (nSPS) is 44.1. The molecule has 1 saturated carbocycles. The second-order valence-electron chi connectivity index (χ2n) is 6.40. The molecule has 4 atom stereocenters. The van der Waals surface area contributed by atoms with Crippen molar-refractivity contribution in [3.8, 4) is 0 Å². The van der Waals surface area contributed by atoms with E-state index in [1.165, 1.54) is 24.8 Å². The third-order valence-corrected chi connectivity index (χ3v) is 5.11. The van der Waals surface area contributed by atoms with Crippen molar-refractivity contribution in [2.45, 2.75) is 59.0 Å². The van der Waals surface area contributed by atoms with E-state index in [2.05, 4.69) is 33.8 Å². The lowest BCUT2D eigenvalue weighted by Gasteiger charge is -2.50. The van der Waals surface area contributed by atoms with Crippen molar-refractivity contribution in [3.63, 3.8) is 0 Å². The van der Waals surface area contributed by atoms with E-state index in [9.17, 15) is 5.11 Å². The highest BCUT2D eigenvalue weighted by Crippen LogP contribution is 2.50. The Bertz CT molecular complexity index is 292. The minimum absolute atomic E-state index is 0.370. The fourth-order valence-electron chi connectivity index (χ4n) is 3.75. The zero-order chi connectivity index (χ0) is 11.9. The van der Waals surface area contributed by atoms with Gasteiger partial charge in [0.2, 0.25) is 0 Å². The maximum Gasteiger partial charge on any atom is 0.0735 e. The van der Waals surface area contributed by atoms with Crippen LogP contribution in [0.25, 0.3) is 0 Å². The average Bonchev–Trinajstić information content (AvgIpc) is 2.23. The van der Waals surface area contributed by atoms with Crippen LogP contribution >= 0.6 is 0 Å². The molecule has 0 heterocycles. The molecule has 1 fully saturated rings. The van der Waals surface area contributed by atoms with Gasteiger partial charge in [-0.2, -0.15) is 0 Å². The van der Waals surface area contributed by atoms with Crippen LogP contribution in [0.15, 0.2) is 11.6 Å². The lowest BCUT2D eigenvalue weighted by atomic mass is 9.58. The Morgan fingerprint density at radius 1 is 1.38 bits per heavy atom. The van der Waals surface area contributed by atoms with Crippen molar-refractivity contribution < 1.29 is 5.11 Å². The molecule has 0 radical (unpaired) electrons. The van der Waals surface area contributed by atoms with Gasteiger partial charge in [0.15, 0.2) is 0 Å². The molecule has 0 amide bonds. The Morgan fingerprint density at radius 3 is 2.69 bits per heavy atom. The summed E-state index contributed by atoms with van der Waals surface area (Å²) in [6.45, 7) is 8.93. The van der Waals surface area contributed by atoms with E-state index in [4.69, 9.17) is 0 Å². The van der Waals surface area contributed by atoms with Crippen LogP contribution in [0.4, 0.5) is 0 Å². The zero-order valence-electron chi connectivity index (χ0n) is 11.2. The predicted octanol–water partition coefficient (Wildman–Crippen LogP) is 3.78. The quantitative estimate of drug-likeness (QED) is 0.669. The van der Waals surface area contributed by atoms with Crippen molar-refractivity contribution in [1.29, 1.82) is 0 Å². The van der Waals surface area contributed by atoms with Crippen molar-refractivity contribution in [1.82, 2.24) is 0 Å². The minimum atomic E-state index is -0.446. The molecule has 1 unspecified atom stereocenters. The second-order valence-corrected chi connectivity index (χ2v) is 6.40. The molecule has 2 aliphatic carbocycles. The van der Waals surface area contributed by atoms with Crippen LogP contribution in [0.5, 0.6) is 0 Å². The Morgan fingerprint density at radius 2 is 2.06 bits per heavy atom. The standard InChI is InChI=1S/C15H26O/c1-10(2)15(16)8-7-12(4)13-6-5-11(3)9-14(13)15/h9-10,12-14,16H,5-8H2,1-4H3/t12-,13+,14+,15?/m0/s1. The first-order valence-electron chi connectivity index (χ1n) is 6.85. The van der Waals surface area contributed by atoms with Crippen LogP contribution in [-0.4, -0.2) is 10.7 Å². The summed E-state index contributed by atoms with van der Waals surface area (Å²) >= 11 is 0. The third-order valence-electron chi connectivity index (χ3n) is 5.11. The number of hydrogen-bond acceptors (Lipinski definition) is 1. The van der Waals surface area contributed by atoms with Gasteiger partial charge >= 0.3 is 0 Å². The SMILES string of the molecule is CC1=C[C@@H]2[C@H](CC1)[C@@H](C)CCC2(O)C(C)C. The summed E-state index contributed by atoms with van der Waals surface area (Å²) in [5.74, 6) is 2.28. The highest BCUT2D eigenvalue weighted by molar-refractivity contribution is 5.15. The molecule has 92 valence electrons. The highest BCUT2D eigenvalue weighted by Gasteiger charge is 2.48. The molecule has 0 aromatic heterocycles. The second kappa shape index (κ2) is 4.18. The number of rotatable bonds is 1. The van der Waals surface area contributed by atoms with Crippen LogP contribution in [0.1, 0.15) is 53.4 Å². The lowest BCUT2D eigenvalue weighted by Crippen LogP contribution is -2.51. The third kappa shape index (κ3) is 1.84.